The van der Waals surface area contributed by atoms with Crippen molar-refractivity contribution in [1.29, 1.82) is 0 Å². The normalized spacial score (nSPS) is 12.5. The number of sulfone groups is 1. The summed E-state index contributed by atoms with van der Waals surface area (Å²) < 4.78 is 57.8. The molecule has 1 aliphatic heterocycles. The summed E-state index contributed by atoms with van der Waals surface area (Å²) in [6.07, 6.45) is 0. The van der Waals surface area contributed by atoms with E-state index in [2.05, 4.69) is 0 Å². The first kappa shape index (κ1) is 37.8. The highest BCUT2D eigenvalue weighted by Gasteiger charge is 2.37. The Morgan fingerprint density at radius 3 is 0.897 bits per heavy atom. The molecule has 1 aliphatic rings. The van der Waals surface area contributed by atoms with E-state index in [1.165, 1.54) is 0 Å². The third-order valence-corrected chi connectivity index (χ3v) is 11.9. The minimum absolute atomic E-state index is 0.151. The largest absolute Gasteiger partial charge is 0.497 e. The molecule has 10 nitrogen and oxygen atoms in total. The topological polar surface area (TPSA) is 90.0 Å². The van der Waals surface area contributed by atoms with Crippen molar-refractivity contribution in [1.82, 2.24) is 0 Å². The van der Waals surface area contributed by atoms with E-state index >= 15 is 8.42 Å². The molecule has 7 aromatic rings. The smallest absolute Gasteiger partial charge is 0.210 e. The Morgan fingerprint density at radius 1 is 0.362 bits per heavy atom. The van der Waals surface area contributed by atoms with Crippen molar-refractivity contribution in [2.24, 2.45) is 0 Å². The highest BCUT2D eigenvalue weighted by atomic mass is 32.2. The van der Waals surface area contributed by atoms with Crippen molar-refractivity contribution in [2.45, 2.75) is 9.79 Å². The number of nitrogens with zero attached hydrogens (tertiary/aromatic N) is 3. The second-order valence-electron chi connectivity index (χ2n) is 13.3. The molecule has 0 saturated heterocycles. The summed E-state index contributed by atoms with van der Waals surface area (Å²) in [5.41, 5.74) is 6.32. The Hall–Kier alpha value is -7.11. The quantitative estimate of drug-likeness (QED) is 0.119. The molecule has 0 aliphatic carbocycles. The Morgan fingerprint density at radius 2 is 0.621 bits per heavy atom. The average molecular weight is 792 g/mol. The van der Waals surface area contributed by atoms with Crippen LogP contribution in [0.1, 0.15) is 0 Å². The Balaban J connectivity index is 1.33. The fourth-order valence-corrected chi connectivity index (χ4v) is 8.82. The first-order valence-corrected chi connectivity index (χ1v) is 19.9. The monoisotopic (exact) mass is 791 g/mol. The van der Waals surface area contributed by atoms with Gasteiger partial charge in [-0.1, -0.05) is 0 Å². The number of benzene rings is 7. The van der Waals surface area contributed by atoms with Gasteiger partial charge in [0, 0.05) is 39.8 Å². The van der Waals surface area contributed by atoms with Crippen LogP contribution in [-0.2, 0) is 9.84 Å². The Bertz CT molecular complexity index is 2400. The van der Waals surface area contributed by atoms with E-state index in [0.29, 0.717) is 51.5 Å². The molecular formula is C47H41N3O7S. The number of rotatable bonds is 12. The van der Waals surface area contributed by atoms with Crippen LogP contribution >= 0.6 is 0 Å². The highest BCUT2D eigenvalue weighted by Crippen LogP contribution is 2.52. The SMILES string of the molecule is COc1ccc(N(c2ccc(OC)cc2)c2ccc3c(c2)S(=O)(=O)c2cc(N(c4ccc(OC)cc4)c4ccc(OC)cc4)ccc2N3c2ccc(OC)cc2)cc1. The predicted octanol–water partition coefficient (Wildman–Crippen LogP) is 11.3. The first-order chi connectivity index (χ1) is 28.3. The maximum Gasteiger partial charge on any atom is 0.210 e. The molecule has 1 heterocycles. The van der Waals surface area contributed by atoms with Crippen LogP contribution in [0.5, 0.6) is 28.7 Å². The maximum absolute atomic E-state index is 15.3. The molecule has 0 radical (unpaired) electrons. The zero-order valence-corrected chi connectivity index (χ0v) is 33.4. The molecule has 0 atom stereocenters. The van der Waals surface area contributed by atoms with Crippen LogP contribution in [0.15, 0.2) is 168 Å². The zero-order chi connectivity index (χ0) is 40.4. The summed E-state index contributed by atoms with van der Waals surface area (Å²) in [7, 11) is 3.96. The van der Waals surface area contributed by atoms with Crippen molar-refractivity contribution < 1.29 is 32.1 Å². The minimum Gasteiger partial charge on any atom is -0.497 e. The van der Waals surface area contributed by atoms with E-state index in [9.17, 15) is 0 Å². The average Bonchev–Trinajstić information content (AvgIpc) is 3.28. The molecule has 0 spiro atoms. The molecule has 58 heavy (non-hydrogen) atoms. The lowest BCUT2D eigenvalue weighted by Crippen LogP contribution is -2.23. The van der Waals surface area contributed by atoms with Crippen molar-refractivity contribution in [3.05, 3.63) is 158 Å². The lowest BCUT2D eigenvalue weighted by atomic mass is 10.1. The van der Waals surface area contributed by atoms with Gasteiger partial charge in [-0.05, 0) is 158 Å². The Kier molecular flexibility index (Phi) is 10.3. The zero-order valence-electron chi connectivity index (χ0n) is 32.6. The van der Waals surface area contributed by atoms with Crippen LogP contribution in [0.2, 0.25) is 0 Å². The van der Waals surface area contributed by atoms with Crippen LogP contribution < -0.4 is 38.4 Å². The molecular weight excluding hydrogens is 751 g/mol. The molecule has 0 aromatic heterocycles. The summed E-state index contributed by atoms with van der Waals surface area (Å²) in [4.78, 5) is 6.30. The molecule has 0 saturated carbocycles. The number of anilines is 9. The van der Waals surface area contributed by atoms with Crippen molar-refractivity contribution in [2.75, 3.05) is 50.2 Å². The second-order valence-corrected chi connectivity index (χ2v) is 15.2. The fraction of sp³-hybridized carbons (Fsp3) is 0.106. The minimum atomic E-state index is -4.14. The number of hydrogen-bond donors (Lipinski definition) is 0. The number of ether oxygens (including phenoxy) is 5. The lowest BCUT2D eigenvalue weighted by Gasteiger charge is -2.35. The number of methoxy groups -OCH3 is 5. The van der Waals surface area contributed by atoms with E-state index in [-0.39, 0.29) is 9.79 Å². The summed E-state index contributed by atoms with van der Waals surface area (Å²) >= 11 is 0. The van der Waals surface area contributed by atoms with Gasteiger partial charge in [0.25, 0.3) is 0 Å². The van der Waals surface area contributed by atoms with Crippen LogP contribution in [0.3, 0.4) is 0 Å². The molecule has 0 fully saturated rings. The van der Waals surface area contributed by atoms with Crippen molar-refractivity contribution in [3.8, 4) is 28.7 Å². The van der Waals surface area contributed by atoms with Crippen LogP contribution in [0, 0.1) is 0 Å². The van der Waals surface area contributed by atoms with Crippen molar-refractivity contribution in [3.63, 3.8) is 0 Å². The number of hydrogen-bond acceptors (Lipinski definition) is 10. The third kappa shape index (κ3) is 6.96. The molecule has 292 valence electrons. The molecule has 0 bridgehead atoms. The van der Waals surface area contributed by atoms with Gasteiger partial charge in [-0.15, -0.1) is 0 Å². The van der Waals surface area contributed by atoms with E-state index in [1.54, 1.807) is 47.7 Å². The molecule has 0 unspecified atom stereocenters. The summed E-state index contributed by atoms with van der Waals surface area (Å²) in [6.45, 7) is 0. The molecule has 11 heteroatoms. The van der Waals surface area contributed by atoms with Gasteiger partial charge >= 0.3 is 0 Å². The van der Waals surface area contributed by atoms with Crippen LogP contribution in [0.25, 0.3) is 0 Å². The van der Waals surface area contributed by atoms with Gasteiger partial charge in [0.1, 0.15) is 28.7 Å². The van der Waals surface area contributed by atoms with Crippen LogP contribution in [0.4, 0.5) is 51.2 Å². The Labute approximate surface area is 338 Å². The fourth-order valence-electron chi connectivity index (χ4n) is 7.16. The van der Waals surface area contributed by atoms with Gasteiger partial charge in [0.2, 0.25) is 9.84 Å². The standard InChI is InChI=1S/C47H41N3O7S/c1-53-39-18-6-32(7-19-39)48(33-8-20-40(54-2)21-9-33)37-16-28-44-46(30-37)58(51,52)47-31-38(17-29-45(47)50(44)36-14-26-43(57-5)27-15-36)49(34-10-22-41(55-3)23-11-34)35-12-24-42(56-4)25-13-35/h6-31H,1-5H3. The van der Waals surface area contributed by atoms with E-state index < -0.39 is 9.84 Å². The van der Waals surface area contributed by atoms with E-state index in [1.807, 2.05) is 160 Å². The summed E-state index contributed by atoms with van der Waals surface area (Å²) in [5, 5.41) is 0. The van der Waals surface area contributed by atoms with Gasteiger partial charge in [0.15, 0.2) is 0 Å². The summed E-state index contributed by atoms with van der Waals surface area (Å²) in [5.74, 6) is 3.49. The summed E-state index contributed by atoms with van der Waals surface area (Å²) in [6, 6.07) is 49.2. The lowest BCUT2D eigenvalue weighted by molar-refractivity contribution is 0.414. The molecule has 0 amide bonds. The van der Waals surface area contributed by atoms with E-state index in [4.69, 9.17) is 23.7 Å². The van der Waals surface area contributed by atoms with E-state index in [0.717, 1.165) is 28.4 Å². The van der Waals surface area contributed by atoms with Crippen molar-refractivity contribution >= 4 is 61.0 Å². The van der Waals surface area contributed by atoms with Gasteiger partial charge in [-0.3, -0.25) is 0 Å². The molecule has 8 rings (SSSR count). The van der Waals surface area contributed by atoms with Gasteiger partial charge in [-0.2, -0.15) is 0 Å². The van der Waals surface area contributed by atoms with Gasteiger partial charge < -0.3 is 38.4 Å². The second kappa shape index (κ2) is 15.8. The first-order valence-electron chi connectivity index (χ1n) is 18.4. The predicted molar refractivity (Wildman–Crippen MR) is 229 cm³/mol. The highest BCUT2D eigenvalue weighted by molar-refractivity contribution is 7.92. The molecule has 7 aromatic carbocycles. The van der Waals surface area contributed by atoms with Gasteiger partial charge in [0.05, 0.1) is 56.7 Å². The third-order valence-electron chi connectivity index (χ3n) is 10.1. The number of fused-ring (bicyclic) bond motifs is 2. The maximum atomic E-state index is 15.3. The molecule has 0 N–H and O–H groups in total. The van der Waals surface area contributed by atoms with Crippen LogP contribution in [-0.4, -0.2) is 44.0 Å². The van der Waals surface area contributed by atoms with Gasteiger partial charge in [-0.25, -0.2) is 8.42 Å².